The smallest absolute Gasteiger partial charge is 0.0992 e. The number of azide groups is 1. The van der Waals surface area contributed by atoms with E-state index in [4.69, 9.17) is 34.0 Å². The zero-order valence-electron chi connectivity index (χ0n) is 6.20. The zero-order valence-corrected chi connectivity index (χ0v) is 7.71. The van der Waals surface area contributed by atoms with Crippen molar-refractivity contribution < 1.29 is 0 Å². The van der Waals surface area contributed by atoms with Gasteiger partial charge in [0, 0.05) is 4.91 Å². The molecule has 1 rings (SSSR count). The van der Waals surface area contributed by atoms with Crippen molar-refractivity contribution in [2.75, 3.05) is 0 Å². The van der Waals surface area contributed by atoms with E-state index in [1.54, 1.807) is 0 Å². The average molecular weight is 213 g/mol. The van der Waals surface area contributed by atoms with Crippen LogP contribution in [0, 0.1) is 11.3 Å². The largest absolute Gasteiger partial charge is 0.192 e. The molecule has 0 atom stereocenters. The summed E-state index contributed by atoms with van der Waals surface area (Å²) in [7, 11) is 0. The summed E-state index contributed by atoms with van der Waals surface area (Å²) in [6.45, 7) is 0. The molecule has 0 aliphatic rings. The van der Waals surface area contributed by atoms with Crippen molar-refractivity contribution in [3.8, 4) is 6.07 Å². The van der Waals surface area contributed by atoms with Crippen LogP contribution in [0.15, 0.2) is 17.2 Å². The third kappa shape index (κ3) is 2.04. The summed E-state index contributed by atoms with van der Waals surface area (Å²) >= 11 is 11.4. The molecule has 1 aromatic rings. The fourth-order valence-corrected chi connectivity index (χ4v) is 1.33. The molecule has 0 aliphatic carbocycles. The van der Waals surface area contributed by atoms with Gasteiger partial charge in [-0.25, -0.2) is 0 Å². The first-order chi connectivity index (χ1) is 6.19. The summed E-state index contributed by atoms with van der Waals surface area (Å²) in [6.07, 6.45) is 0. The standard InChI is InChI=1S/C7H2Cl2N4/c8-5-1-4(3-10)2-6(9)7(5)12-13-11/h1-2H. The van der Waals surface area contributed by atoms with E-state index >= 15 is 0 Å². The molecule has 0 aliphatic heterocycles. The summed E-state index contributed by atoms with van der Waals surface area (Å²) in [6, 6.07) is 4.65. The van der Waals surface area contributed by atoms with Gasteiger partial charge in [0.1, 0.15) is 0 Å². The van der Waals surface area contributed by atoms with Gasteiger partial charge in [0.05, 0.1) is 27.4 Å². The van der Waals surface area contributed by atoms with E-state index in [1.165, 1.54) is 12.1 Å². The molecule has 6 heteroatoms. The molecule has 0 heterocycles. The highest BCUT2D eigenvalue weighted by atomic mass is 35.5. The minimum absolute atomic E-state index is 0.143. The highest BCUT2D eigenvalue weighted by Gasteiger charge is 2.05. The summed E-state index contributed by atoms with van der Waals surface area (Å²) in [5.74, 6) is 0. The maximum atomic E-state index is 8.54. The highest BCUT2D eigenvalue weighted by Crippen LogP contribution is 2.34. The Kier molecular flexibility index (Phi) is 2.99. The van der Waals surface area contributed by atoms with Crippen LogP contribution in [0.3, 0.4) is 0 Å². The second-order valence-electron chi connectivity index (χ2n) is 2.09. The first kappa shape index (κ1) is 9.69. The molecule has 0 saturated carbocycles. The van der Waals surface area contributed by atoms with Crippen LogP contribution in [0.2, 0.25) is 10.0 Å². The number of nitriles is 1. The van der Waals surface area contributed by atoms with Crippen LogP contribution in [0.1, 0.15) is 5.56 Å². The van der Waals surface area contributed by atoms with Crippen LogP contribution in [0.4, 0.5) is 5.69 Å². The van der Waals surface area contributed by atoms with E-state index in [-0.39, 0.29) is 15.7 Å². The van der Waals surface area contributed by atoms with E-state index in [2.05, 4.69) is 10.0 Å². The number of benzene rings is 1. The summed E-state index contributed by atoms with van der Waals surface area (Å²) in [5, 5.41) is 12.2. The van der Waals surface area contributed by atoms with Gasteiger partial charge < -0.3 is 0 Å². The molecular formula is C7H2Cl2N4. The van der Waals surface area contributed by atoms with Gasteiger partial charge in [0.15, 0.2) is 0 Å². The van der Waals surface area contributed by atoms with Crippen LogP contribution in [0.5, 0.6) is 0 Å². The Balaban J connectivity index is 3.41. The lowest BCUT2D eigenvalue weighted by atomic mass is 10.2. The summed E-state index contributed by atoms with van der Waals surface area (Å²) in [5.41, 5.74) is 8.64. The van der Waals surface area contributed by atoms with Crippen molar-refractivity contribution in [1.82, 2.24) is 0 Å². The Morgan fingerprint density at radius 3 is 2.31 bits per heavy atom. The molecule has 1 aromatic carbocycles. The first-order valence-corrected chi connectivity index (χ1v) is 3.89. The highest BCUT2D eigenvalue weighted by molar-refractivity contribution is 6.38. The predicted octanol–water partition coefficient (Wildman–Crippen LogP) is 3.81. The van der Waals surface area contributed by atoms with E-state index in [1.807, 2.05) is 6.07 Å². The quantitative estimate of drug-likeness (QED) is 0.397. The third-order valence-electron chi connectivity index (χ3n) is 1.29. The van der Waals surface area contributed by atoms with Crippen LogP contribution in [-0.4, -0.2) is 0 Å². The van der Waals surface area contributed by atoms with E-state index in [9.17, 15) is 0 Å². The SMILES string of the molecule is N#Cc1cc(Cl)c(N=[N+]=[N-])c(Cl)c1. The van der Waals surface area contributed by atoms with Crippen LogP contribution in [0.25, 0.3) is 10.4 Å². The molecule has 0 spiro atoms. The second kappa shape index (κ2) is 4.01. The van der Waals surface area contributed by atoms with Crippen molar-refractivity contribution >= 4 is 28.9 Å². The molecule has 0 fully saturated rings. The number of nitrogens with zero attached hydrogens (tertiary/aromatic N) is 4. The molecule has 0 radical (unpaired) electrons. The van der Waals surface area contributed by atoms with E-state index in [0.717, 1.165) is 0 Å². The van der Waals surface area contributed by atoms with Crippen molar-refractivity contribution in [2.45, 2.75) is 0 Å². The zero-order chi connectivity index (χ0) is 9.84. The molecule has 4 nitrogen and oxygen atoms in total. The van der Waals surface area contributed by atoms with E-state index < -0.39 is 0 Å². The Bertz CT molecular complexity index is 406. The molecular weight excluding hydrogens is 211 g/mol. The molecule has 0 amide bonds. The third-order valence-corrected chi connectivity index (χ3v) is 1.87. The van der Waals surface area contributed by atoms with Gasteiger partial charge >= 0.3 is 0 Å². The minimum Gasteiger partial charge on any atom is -0.192 e. The molecule has 64 valence electrons. The summed E-state index contributed by atoms with van der Waals surface area (Å²) in [4.78, 5) is 2.56. The Morgan fingerprint density at radius 1 is 1.38 bits per heavy atom. The van der Waals surface area contributed by atoms with Crippen LogP contribution in [-0.2, 0) is 0 Å². The maximum absolute atomic E-state index is 8.54. The lowest BCUT2D eigenvalue weighted by Gasteiger charge is -1.99. The fourth-order valence-electron chi connectivity index (χ4n) is 0.770. The molecule has 0 bridgehead atoms. The minimum atomic E-state index is 0.143. The van der Waals surface area contributed by atoms with Crippen LogP contribution < -0.4 is 0 Å². The number of hydrogen-bond donors (Lipinski definition) is 0. The summed E-state index contributed by atoms with van der Waals surface area (Å²) < 4.78 is 0. The van der Waals surface area contributed by atoms with E-state index in [0.29, 0.717) is 5.56 Å². The van der Waals surface area contributed by atoms with Gasteiger partial charge in [-0.05, 0) is 17.7 Å². The maximum Gasteiger partial charge on any atom is 0.0992 e. The normalized spacial score (nSPS) is 8.69. The fraction of sp³-hybridized carbons (Fsp3) is 0. The van der Waals surface area contributed by atoms with Gasteiger partial charge in [-0.2, -0.15) is 5.26 Å². The number of hydrogen-bond acceptors (Lipinski definition) is 2. The van der Waals surface area contributed by atoms with Crippen molar-refractivity contribution in [1.29, 1.82) is 5.26 Å². The molecule has 0 saturated heterocycles. The van der Waals surface area contributed by atoms with Gasteiger partial charge in [-0.3, -0.25) is 0 Å². The lowest BCUT2D eigenvalue weighted by Crippen LogP contribution is -1.76. The molecule has 13 heavy (non-hydrogen) atoms. The monoisotopic (exact) mass is 212 g/mol. The van der Waals surface area contributed by atoms with Gasteiger partial charge in [-0.1, -0.05) is 28.3 Å². The number of halogens is 2. The Hall–Kier alpha value is -1.40. The number of rotatable bonds is 1. The molecule has 0 unspecified atom stereocenters. The Morgan fingerprint density at radius 2 is 1.92 bits per heavy atom. The van der Waals surface area contributed by atoms with Crippen molar-refractivity contribution in [3.05, 3.63) is 38.2 Å². The van der Waals surface area contributed by atoms with Gasteiger partial charge in [0.25, 0.3) is 0 Å². The van der Waals surface area contributed by atoms with Crippen molar-refractivity contribution in [2.24, 2.45) is 5.11 Å². The lowest BCUT2D eigenvalue weighted by molar-refractivity contribution is 1.44. The topological polar surface area (TPSA) is 72.5 Å². The van der Waals surface area contributed by atoms with Gasteiger partial charge in [0.2, 0.25) is 0 Å². The average Bonchev–Trinajstić information content (AvgIpc) is 2.11. The van der Waals surface area contributed by atoms with Gasteiger partial charge in [-0.15, -0.1) is 0 Å². The Labute approximate surface area is 83.9 Å². The predicted molar refractivity (Wildman–Crippen MR) is 50.0 cm³/mol. The molecule has 0 N–H and O–H groups in total. The van der Waals surface area contributed by atoms with Crippen LogP contribution >= 0.6 is 23.2 Å². The molecule has 0 aromatic heterocycles. The van der Waals surface area contributed by atoms with Crippen molar-refractivity contribution in [3.63, 3.8) is 0 Å². The first-order valence-electron chi connectivity index (χ1n) is 3.13. The second-order valence-corrected chi connectivity index (χ2v) is 2.90.